The van der Waals surface area contributed by atoms with Crippen molar-refractivity contribution in [1.29, 1.82) is 0 Å². The van der Waals surface area contributed by atoms with Gasteiger partial charge in [-0.2, -0.15) is 0 Å². The smallest absolute Gasteiger partial charge is 0.339 e. The highest BCUT2D eigenvalue weighted by Gasteiger charge is 2.30. The maximum atomic E-state index is 13.1. The van der Waals surface area contributed by atoms with Crippen molar-refractivity contribution in [1.82, 2.24) is 4.90 Å². The highest BCUT2D eigenvalue weighted by molar-refractivity contribution is 5.94. The Balaban J connectivity index is 1.87. The molecule has 0 bridgehead atoms. The molecule has 1 amide bonds. The molecule has 0 spiro atoms. The quantitative estimate of drug-likeness (QED) is 0.775. The van der Waals surface area contributed by atoms with Crippen LogP contribution >= 0.6 is 0 Å². The zero-order chi connectivity index (χ0) is 18.5. The van der Waals surface area contributed by atoms with E-state index in [0.717, 1.165) is 43.5 Å². The molecule has 136 valence electrons. The van der Waals surface area contributed by atoms with Gasteiger partial charge in [0.05, 0.1) is 5.56 Å². The van der Waals surface area contributed by atoms with Gasteiger partial charge in [-0.3, -0.25) is 4.79 Å². The zero-order valence-electron chi connectivity index (χ0n) is 15.4. The van der Waals surface area contributed by atoms with Crippen molar-refractivity contribution < 1.29 is 14.3 Å². The van der Waals surface area contributed by atoms with Crippen LogP contribution in [-0.4, -0.2) is 29.9 Å². The van der Waals surface area contributed by atoms with Gasteiger partial charge in [-0.25, -0.2) is 4.79 Å². The number of esters is 1. The van der Waals surface area contributed by atoms with Crippen molar-refractivity contribution in [2.45, 2.75) is 39.2 Å². The average molecular weight is 351 g/mol. The molecular formula is C22H25NO3. The Hall–Kier alpha value is -2.62. The van der Waals surface area contributed by atoms with Gasteiger partial charge in [0.1, 0.15) is 0 Å². The second kappa shape index (κ2) is 8.17. The number of nitrogens with zero attached hydrogens (tertiary/aromatic N) is 1. The van der Waals surface area contributed by atoms with Crippen LogP contribution in [0.2, 0.25) is 0 Å². The minimum atomic E-state index is -0.901. The molecule has 1 fully saturated rings. The first-order chi connectivity index (χ1) is 12.6. The van der Waals surface area contributed by atoms with Crippen molar-refractivity contribution in [3.05, 3.63) is 70.8 Å². The van der Waals surface area contributed by atoms with Crippen LogP contribution in [0.25, 0.3) is 0 Å². The van der Waals surface area contributed by atoms with E-state index in [-0.39, 0.29) is 5.91 Å². The predicted octanol–water partition coefficient (Wildman–Crippen LogP) is 4.21. The first kappa shape index (κ1) is 18.2. The highest BCUT2D eigenvalue weighted by Crippen LogP contribution is 2.25. The van der Waals surface area contributed by atoms with Crippen LogP contribution in [-0.2, 0) is 9.53 Å². The van der Waals surface area contributed by atoms with E-state index >= 15 is 0 Å². The summed E-state index contributed by atoms with van der Waals surface area (Å²) in [4.78, 5) is 27.7. The minimum absolute atomic E-state index is 0.130. The lowest BCUT2D eigenvalue weighted by Crippen LogP contribution is -2.40. The van der Waals surface area contributed by atoms with E-state index in [4.69, 9.17) is 4.74 Å². The third-order valence-corrected chi connectivity index (χ3v) is 4.83. The molecule has 0 N–H and O–H groups in total. The number of piperidine rings is 1. The van der Waals surface area contributed by atoms with Gasteiger partial charge in [-0.1, -0.05) is 48.0 Å². The fourth-order valence-corrected chi connectivity index (χ4v) is 3.30. The Labute approximate surface area is 154 Å². The van der Waals surface area contributed by atoms with Crippen molar-refractivity contribution in [3.8, 4) is 0 Å². The number of benzene rings is 2. The number of ether oxygens (including phenoxy) is 1. The molecule has 1 atom stereocenters. The van der Waals surface area contributed by atoms with Gasteiger partial charge in [0.15, 0.2) is 0 Å². The van der Waals surface area contributed by atoms with E-state index in [0.29, 0.717) is 11.1 Å². The Morgan fingerprint density at radius 3 is 2.35 bits per heavy atom. The summed E-state index contributed by atoms with van der Waals surface area (Å²) < 4.78 is 5.74. The summed E-state index contributed by atoms with van der Waals surface area (Å²) in [5.41, 5.74) is 3.05. The second-order valence-electron chi connectivity index (χ2n) is 6.90. The summed E-state index contributed by atoms with van der Waals surface area (Å²) in [6, 6.07) is 14.9. The molecule has 3 rings (SSSR count). The van der Waals surface area contributed by atoms with Crippen LogP contribution in [0.15, 0.2) is 48.5 Å². The lowest BCUT2D eigenvalue weighted by molar-refractivity contribution is -0.142. The van der Waals surface area contributed by atoms with Crippen LogP contribution in [0.5, 0.6) is 0 Å². The van der Waals surface area contributed by atoms with Gasteiger partial charge in [-0.05, 0) is 44.7 Å². The van der Waals surface area contributed by atoms with Gasteiger partial charge in [-0.15, -0.1) is 0 Å². The van der Waals surface area contributed by atoms with Crippen LogP contribution in [0.1, 0.15) is 52.4 Å². The number of likely N-dealkylation sites (tertiary alicyclic amines) is 1. The summed E-state index contributed by atoms with van der Waals surface area (Å²) in [7, 11) is 0. The molecule has 1 heterocycles. The molecule has 1 saturated heterocycles. The number of carbonyl (C=O) groups is 2. The first-order valence-electron chi connectivity index (χ1n) is 9.18. The third-order valence-electron chi connectivity index (χ3n) is 4.83. The zero-order valence-corrected chi connectivity index (χ0v) is 15.4. The lowest BCUT2D eigenvalue weighted by atomic mass is 10.0. The topological polar surface area (TPSA) is 46.6 Å². The normalized spacial score (nSPS) is 15.4. The molecule has 1 aliphatic rings. The fraction of sp³-hybridized carbons (Fsp3) is 0.364. The van der Waals surface area contributed by atoms with Gasteiger partial charge in [0, 0.05) is 18.7 Å². The molecule has 0 radical (unpaired) electrons. The fourth-order valence-electron chi connectivity index (χ4n) is 3.30. The van der Waals surface area contributed by atoms with Gasteiger partial charge in [0.2, 0.25) is 6.10 Å². The van der Waals surface area contributed by atoms with Crippen molar-refractivity contribution in [3.63, 3.8) is 0 Å². The molecule has 0 aromatic heterocycles. The van der Waals surface area contributed by atoms with E-state index in [9.17, 15) is 9.59 Å². The van der Waals surface area contributed by atoms with Crippen LogP contribution in [0.4, 0.5) is 0 Å². The highest BCUT2D eigenvalue weighted by atomic mass is 16.5. The molecule has 1 aliphatic heterocycles. The molecule has 2 aromatic carbocycles. The van der Waals surface area contributed by atoms with Gasteiger partial charge < -0.3 is 9.64 Å². The molecule has 4 heteroatoms. The Morgan fingerprint density at radius 1 is 0.962 bits per heavy atom. The number of amides is 1. The summed E-state index contributed by atoms with van der Waals surface area (Å²) in [6.45, 7) is 5.26. The molecule has 26 heavy (non-hydrogen) atoms. The summed E-state index contributed by atoms with van der Waals surface area (Å²) in [6.07, 6.45) is 2.24. The van der Waals surface area contributed by atoms with Gasteiger partial charge in [0.25, 0.3) is 5.91 Å². The van der Waals surface area contributed by atoms with E-state index in [2.05, 4.69) is 0 Å². The Kier molecular flexibility index (Phi) is 5.71. The molecule has 2 aromatic rings. The van der Waals surface area contributed by atoms with Crippen LogP contribution in [0.3, 0.4) is 0 Å². The summed E-state index contributed by atoms with van der Waals surface area (Å²) >= 11 is 0. The minimum Gasteiger partial charge on any atom is -0.444 e. The molecule has 0 unspecified atom stereocenters. The summed E-state index contributed by atoms with van der Waals surface area (Å²) in [5.74, 6) is -0.583. The monoisotopic (exact) mass is 351 g/mol. The number of hydrogen-bond acceptors (Lipinski definition) is 3. The molecule has 0 aliphatic carbocycles. The Morgan fingerprint density at radius 2 is 1.65 bits per heavy atom. The van der Waals surface area contributed by atoms with Crippen molar-refractivity contribution >= 4 is 11.9 Å². The Bertz CT molecular complexity index is 779. The number of rotatable bonds is 4. The van der Waals surface area contributed by atoms with E-state index < -0.39 is 12.1 Å². The summed E-state index contributed by atoms with van der Waals surface area (Å²) in [5, 5.41) is 0. The van der Waals surface area contributed by atoms with Crippen LogP contribution in [0, 0.1) is 13.8 Å². The maximum Gasteiger partial charge on any atom is 0.339 e. The molecule has 0 saturated carbocycles. The van der Waals surface area contributed by atoms with E-state index in [1.165, 1.54) is 0 Å². The largest absolute Gasteiger partial charge is 0.444 e. The SMILES string of the molecule is Cc1ccc(C)c(C(=O)O[C@H](C(=O)N2CCCCC2)c2ccccc2)c1. The van der Waals surface area contributed by atoms with Crippen molar-refractivity contribution in [2.75, 3.05) is 13.1 Å². The van der Waals surface area contributed by atoms with Crippen molar-refractivity contribution in [2.24, 2.45) is 0 Å². The van der Waals surface area contributed by atoms with E-state index in [1.807, 2.05) is 67.3 Å². The van der Waals surface area contributed by atoms with Crippen LogP contribution < -0.4 is 0 Å². The second-order valence-corrected chi connectivity index (χ2v) is 6.90. The number of hydrogen-bond donors (Lipinski definition) is 0. The standard InChI is InChI=1S/C22H25NO3/c1-16-11-12-17(2)19(15-16)22(25)26-20(18-9-5-3-6-10-18)21(24)23-13-7-4-8-14-23/h3,5-6,9-12,15,20H,4,7-8,13-14H2,1-2H3/t20-/m0/s1. The molecule has 4 nitrogen and oxygen atoms in total. The maximum absolute atomic E-state index is 13.1. The van der Waals surface area contributed by atoms with E-state index in [1.54, 1.807) is 0 Å². The first-order valence-corrected chi connectivity index (χ1v) is 9.18. The van der Waals surface area contributed by atoms with Gasteiger partial charge >= 0.3 is 5.97 Å². The average Bonchev–Trinajstić information content (AvgIpc) is 2.68. The number of carbonyl (C=O) groups excluding carboxylic acids is 2. The lowest BCUT2D eigenvalue weighted by Gasteiger charge is -2.30. The predicted molar refractivity (Wildman–Crippen MR) is 101 cm³/mol. The number of aryl methyl sites for hydroxylation is 2. The molecular weight excluding hydrogens is 326 g/mol. The third kappa shape index (κ3) is 4.13.